The lowest BCUT2D eigenvalue weighted by molar-refractivity contribution is -0.140. The van der Waals surface area contributed by atoms with Crippen LogP contribution in [0.4, 0.5) is 17.3 Å². The maximum absolute atomic E-state index is 12.7. The van der Waals surface area contributed by atoms with Crippen LogP contribution in [0.3, 0.4) is 0 Å². The van der Waals surface area contributed by atoms with Crippen LogP contribution in [0.25, 0.3) is 0 Å². The molecule has 2 aromatic carbocycles. The number of rotatable bonds is 9. The van der Waals surface area contributed by atoms with E-state index in [9.17, 15) is 26.9 Å². The van der Waals surface area contributed by atoms with Gasteiger partial charge in [-0.25, -0.2) is 4.79 Å². The number of Topliss-reactive ketones (excluding diaryl/α,β-unsaturated/α-hetero) is 1. The fourth-order valence-electron chi connectivity index (χ4n) is 2.02. The minimum atomic E-state index is -6.00. The molecule has 0 saturated carbocycles. The molecule has 0 bridgehead atoms. The molecule has 12 heteroatoms. The molecule has 0 fully saturated rings. The molecule has 0 aliphatic heterocycles. The molecule has 0 N–H and O–H groups in total. The minimum absolute atomic E-state index is 0.00217. The number of halogens is 4. The Morgan fingerprint density at radius 2 is 1.50 bits per heavy atom. The summed E-state index contributed by atoms with van der Waals surface area (Å²) in [7, 11) is -5.92. The summed E-state index contributed by atoms with van der Waals surface area (Å²) in [6, 6.07) is 17.2. The summed E-state index contributed by atoms with van der Waals surface area (Å²) in [4.78, 5) is 30.5. The van der Waals surface area contributed by atoms with Crippen molar-refractivity contribution in [1.82, 2.24) is 0 Å². The van der Waals surface area contributed by atoms with Gasteiger partial charge < -0.3 is 26.8 Å². The van der Waals surface area contributed by atoms with Crippen LogP contribution in [0.2, 0.25) is 0 Å². The third-order valence-corrected chi connectivity index (χ3v) is 4.85. The summed E-state index contributed by atoms with van der Waals surface area (Å²) in [6.07, 6.45) is 4.07. The van der Waals surface area contributed by atoms with Crippen molar-refractivity contribution < 1.29 is 36.4 Å². The molecule has 0 aromatic heterocycles. The lowest BCUT2D eigenvalue weighted by atomic mass is 10.1. The average Bonchev–Trinajstić information content (AvgIpc) is 2.70. The summed E-state index contributed by atoms with van der Waals surface area (Å²) >= 11 is 1.61. The summed E-state index contributed by atoms with van der Waals surface area (Å²) < 4.78 is 44.5. The first-order chi connectivity index (χ1) is 15.0. The van der Waals surface area contributed by atoms with Crippen LogP contribution in [0.15, 0.2) is 69.5 Å². The van der Waals surface area contributed by atoms with E-state index < -0.39 is 13.2 Å². The highest BCUT2D eigenvalue weighted by Gasteiger charge is 2.20. The molecule has 174 valence electrons. The molecule has 2 rings (SSSR count). The van der Waals surface area contributed by atoms with Gasteiger partial charge in [-0.05, 0) is 36.4 Å². The Hall–Kier alpha value is -2.31. The molecule has 0 heterocycles. The maximum Gasteiger partial charge on any atom is 0.673 e. The van der Waals surface area contributed by atoms with Gasteiger partial charge in [-0.15, -0.1) is 0 Å². The molecular weight excluding hydrogens is 469 g/mol. The van der Waals surface area contributed by atoms with E-state index in [2.05, 4.69) is 9.99 Å². The van der Waals surface area contributed by atoms with Gasteiger partial charge >= 0.3 is 13.2 Å². The van der Waals surface area contributed by atoms with Gasteiger partial charge in [0.15, 0.2) is 5.71 Å². The fraction of sp³-hybridized carbons (Fsp3) is 0.250. The number of ether oxygens (including phenoxy) is 1. The smallest absolute Gasteiger partial charge is 0.418 e. The Bertz CT molecular complexity index is 889. The number of carbonyl (C=O) groups is 2. The lowest BCUT2D eigenvalue weighted by Crippen LogP contribution is -2.23. The zero-order chi connectivity index (χ0) is 24.1. The minimum Gasteiger partial charge on any atom is -0.418 e. The van der Waals surface area contributed by atoms with Crippen LogP contribution < -0.4 is 0 Å². The number of benzene rings is 2. The van der Waals surface area contributed by atoms with Gasteiger partial charge in [0.25, 0.3) is 0 Å². The molecule has 0 radical (unpaired) electrons. The molecular formula is C20H22BF4NO4S2. The molecule has 0 unspecified atom stereocenters. The van der Waals surface area contributed by atoms with Crippen molar-refractivity contribution in [3.05, 3.63) is 60.2 Å². The Labute approximate surface area is 191 Å². The normalized spacial score (nSPS) is 11.6. The first-order valence-electron chi connectivity index (χ1n) is 9.07. The van der Waals surface area contributed by atoms with Crippen molar-refractivity contribution in [2.24, 2.45) is 5.16 Å². The van der Waals surface area contributed by atoms with E-state index in [1.54, 1.807) is 23.9 Å². The summed E-state index contributed by atoms with van der Waals surface area (Å²) in [5, 5.41) is 3.68. The van der Waals surface area contributed by atoms with E-state index in [4.69, 9.17) is 4.74 Å². The van der Waals surface area contributed by atoms with Crippen LogP contribution in [-0.2, 0) is 25.3 Å². The second-order valence-corrected chi connectivity index (χ2v) is 9.69. The molecule has 0 saturated heterocycles. The van der Waals surface area contributed by atoms with E-state index in [0.29, 0.717) is 11.5 Å². The zero-order valence-corrected chi connectivity index (χ0v) is 19.2. The molecule has 0 aliphatic rings. The van der Waals surface area contributed by atoms with E-state index in [-0.39, 0.29) is 29.0 Å². The summed E-state index contributed by atoms with van der Waals surface area (Å²) in [6.45, 7) is 1.23. The van der Waals surface area contributed by atoms with Crippen LogP contribution in [0.1, 0.15) is 17.3 Å². The molecule has 5 nitrogen and oxygen atoms in total. The molecule has 0 atom stereocenters. The highest BCUT2D eigenvalue weighted by Crippen LogP contribution is 2.27. The largest absolute Gasteiger partial charge is 0.673 e. The molecule has 32 heavy (non-hydrogen) atoms. The Morgan fingerprint density at radius 3 is 2.00 bits per heavy atom. The topological polar surface area (TPSA) is 65.0 Å². The van der Waals surface area contributed by atoms with Crippen molar-refractivity contribution in [3.8, 4) is 0 Å². The van der Waals surface area contributed by atoms with E-state index in [0.717, 1.165) is 9.79 Å². The first-order valence-corrected chi connectivity index (χ1v) is 12.1. The highest BCUT2D eigenvalue weighted by molar-refractivity contribution is 7.99. The number of nitrogens with zero attached hydrogens (tertiary/aromatic N) is 1. The van der Waals surface area contributed by atoms with Crippen molar-refractivity contribution in [2.45, 2.75) is 16.7 Å². The molecule has 0 amide bonds. The second kappa shape index (κ2) is 14.0. The van der Waals surface area contributed by atoms with E-state index >= 15 is 0 Å². The van der Waals surface area contributed by atoms with Crippen LogP contribution in [0.5, 0.6) is 0 Å². The van der Waals surface area contributed by atoms with Crippen molar-refractivity contribution in [2.75, 3.05) is 25.1 Å². The standard InChI is InChI=1S/C20H22NO4S2.BF4/c1-15(22)25-21-19(13-24-14-27(2)3)20(23)16-9-11-18(12-10-16)26-17-7-5-4-6-8-17;2-1(3,4)5/h4-12H,13-14H2,1-3H3;/q+1;-1. The van der Waals surface area contributed by atoms with E-state index in [1.165, 1.54) is 6.92 Å². The van der Waals surface area contributed by atoms with Gasteiger partial charge in [-0.2, -0.15) is 0 Å². The third kappa shape index (κ3) is 13.2. The quantitative estimate of drug-likeness (QED) is 0.0930. The summed E-state index contributed by atoms with van der Waals surface area (Å²) in [5.74, 6) is -0.390. The monoisotopic (exact) mass is 491 g/mol. The Kier molecular flexibility index (Phi) is 12.1. The van der Waals surface area contributed by atoms with Crippen molar-refractivity contribution in [1.29, 1.82) is 0 Å². The number of carbonyl (C=O) groups excluding carboxylic acids is 2. The number of hydrogen-bond acceptors (Lipinski definition) is 6. The average molecular weight is 491 g/mol. The SMILES string of the molecule is CC(=O)ON=C(COC[S+](C)C)C(=O)c1ccc(Sc2ccccc2)cc1.F[B-](F)(F)F. The van der Waals surface area contributed by atoms with Gasteiger partial charge in [0.2, 0.25) is 11.7 Å². The molecule has 0 aliphatic carbocycles. The van der Waals surface area contributed by atoms with Gasteiger partial charge in [-0.3, -0.25) is 4.79 Å². The predicted octanol–water partition coefficient (Wildman–Crippen LogP) is 5.09. The number of ketones is 1. The molecule has 0 spiro atoms. The summed E-state index contributed by atoms with van der Waals surface area (Å²) in [5.41, 5.74) is 0.535. The first kappa shape index (κ1) is 27.7. The molecule has 2 aromatic rings. The number of hydrogen-bond donors (Lipinski definition) is 0. The van der Waals surface area contributed by atoms with Gasteiger partial charge in [-0.1, -0.05) is 35.1 Å². The predicted molar refractivity (Wildman–Crippen MR) is 121 cm³/mol. The van der Waals surface area contributed by atoms with Gasteiger partial charge in [0, 0.05) is 33.2 Å². The van der Waals surface area contributed by atoms with Crippen LogP contribution in [-0.4, -0.2) is 49.8 Å². The highest BCUT2D eigenvalue weighted by atomic mass is 32.2. The maximum atomic E-state index is 12.7. The zero-order valence-electron chi connectivity index (χ0n) is 17.6. The van der Waals surface area contributed by atoms with Gasteiger partial charge in [0.1, 0.15) is 6.61 Å². The van der Waals surface area contributed by atoms with E-state index in [1.807, 2.05) is 55.0 Å². The lowest BCUT2D eigenvalue weighted by Gasteiger charge is -2.07. The number of oxime groups is 1. The van der Waals surface area contributed by atoms with Crippen molar-refractivity contribution in [3.63, 3.8) is 0 Å². The Balaban J connectivity index is 0.000000920. The fourth-order valence-corrected chi connectivity index (χ4v) is 3.28. The van der Waals surface area contributed by atoms with Crippen LogP contribution >= 0.6 is 11.8 Å². The van der Waals surface area contributed by atoms with Crippen molar-refractivity contribution >= 4 is 47.4 Å². The Morgan fingerprint density at radius 1 is 0.969 bits per heavy atom. The third-order valence-electron chi connectivity index (χ3n) is 3.20. The second-order valence-electron chi connectivity index (χ2n) is 6.34. The van der Waals surface area contributed by atoms with Gasteiger partial charge in [0.05, 0.1) is 12.5 Å². The van der Waals surface area contributed by atoms with Crippen LogP contribution in [0, 0.1) is 0 Å².